The minimum absolute atomic E-state index is 0.00281. The van der Waals surface area contributed by atoms with Gasteiger partial charge in [0, 0.05) is 18.3 Å². The molecule has 0 radical (unpaired) electrons. The molecule has 3 unspecified atom stereocenters. The lowest BCUT2D eigenvalue weighted by Crippen LogP contribution is -2.55. The van der Waals surface area contributed by atoms with Gasteiger partial charge in [0.05, 0.1) is 5.37 Å². The molecule has 2 rings (SSSR count). The lowest BCUT2D eigenvalue weighted by Gasteiger charge is -2.40. The van der Waals surface area contributed by atoms with Crippen molar-refractivity contribution in [3.8, 4) is 0 Å². The monoisotopic (exact) mass is 300 g/mol. The molecule has 114 valence electrons. The highest BCUT2D eigenvalue weighted by Crippen LogP contribution is 2.33. The largest absolute Gasteiger partial charge is 0.480 e. The number of likely N-dealkylation sites (tertiary alicyclic amines) is 1. The van der Waals surface area contributed by atoms with Crippen LogP contribution in [0.3, 0.4) is 0 Å². The molecule has 0 spiro atoms. The van der Waals surface area contributed by atoms with Crippen LogP contribution in [0.5, 0.6) is 0 Å². The molecule has 20 heavy (non-hydrogen) atoms. The zero-order chi connectivity index (χ0) is 14.7. The van der Waals surface area contributed by atoms with E-state index in [4.69, 9.17) is 0 Å². The van der Waals surface area contributed by atoms with E-state index in [9.17, 15) is 14.7 Å². The molecule has 2 heterocycles. The summed E-state index contributed by atoms with van der Waals surface area (Å²) in [5.74, 6) is -0.378. The highest BCUT2D eigenvalue weighted by atomic mass is 32.2. The van der Waals surface area contributed by atoms with Crippen LogP contribution in [-0.2, 0) is 4.79 Å². The molecule has 5 nitrogen and oxygen atoms in total. The molecular formula is C14H24N2O3S. The average molecular weight is 300 g/mol. The fraction of sp³-hybridized carbons (Fsp3) is 0.857. The van der Waals surface area contributed by atoms with E-state index in [0.29, 0.717) is 5.75 Å². The van der Waals surface area contributed by atoms with Crippen LogP contribution in [-0.4, -0.2) is 56.7 Å². The number of carbonyl (C=O) groups excluding carboxylic acids is 1. The summed E-state index contributed by atoms with van der Waals surface area (Å²) in [5.41, 5.74) is 0. The van der Waals surface area contributed by atoms with E-state index in [1.54, 1.807) is 16.7 Å². The van der Waals surface area contributed by atoms with Crippen molar-refractivity contribution in [3.63, 3.8) is 0 Å². The van der Waals surface area contributed by atoms with Crippen LogP contribution in [0.15, 0.2) is 0 Å². The van der Waals surface area contributed by atoms with Crippen molar-refractivity contribution in [1.82, 2.24) is 9.80 Å². The number of carbonyl (C=O) groups is 2. The van der Waals surface area contributed by atoms with Crippen LogP contribution in [0.4, 0.5) is 4.79 Å². The third kappa shape index (κ3) is 2.90. The summed E-state index contributed by atoms with van der Waals surface area (Å²) in [6, 6.07) is -0.466. The lowest BCUT2D eigenvalue weighted by molar-refractivity contribution is -0.141. The zero-order valence-electron chi connectivity index (χ0n) is 12.2. The molecule has 3 atom stereocenters. The van der Waals surface area contributed by atoms with Crippen LogP contribution in [0, 0.1) is 0 Å². The van der Waals surface area contributed by atoms with Crippen LogP contribution >= 0.6 is 11.8 Å². The fourth-order valence-electron chi connectivity index (χ4n) is 3.15. The number of urea groups is 1. The first-order valence-electron chi connectivity index (χ1n) is 7.53. The Morgan fingerprint density at radius 3 is 2.60 bits per heavy atom. The Morgan fingerprint density at radius 1 is 1.25 bits per heavy atom. The molecule has 1 N–H and O–H groups in total. The number of piperidine rings is 1. The van der Waals surface area contributed by atoms with Gasteiger partial charge in [0.1, 0.15) is 6.04 Å². The van der Waals surface area contributed by atoms with Gasteiger partial charge in [-0.3, -0.25) is 4.90 Å². The summed E-state index contributed by atoms with van der Waals surface area (Å²) in [5, 5.41) is 9.34. The van der Waals surface area contributed by atoms with Crippen molar-refractivity contribution in [1.29, 1.82) is 0 Å². The molecule has 0 aromatic rings. The summed E-state index contributed by atoms with van der Waals surface area (Å²) in [6.45, 7) is 4.87. The number of hydrogen-bond acceptors (Lipinski definition) is 3. The Hall–Kier alpha value is -0.910. The molecule has 2 saturated heterocycles. The molecule has 0 bridgehead atoms. The molecule has 2 aliphatic rings. The average Bonchev–Trinajstić information content (AvgIpc) is 2.90. The van der Waals surface area contributed by atoms with Gasteiger partial charge in [0.15, 0.2) is 0 Å². The van der Waals surface area contributed by atoms with Crippen LogP contribution < -0.4 is 0 Å². The molecule has 2 amide bonds. The third-order valence-corrected chi connectivity index (χ3v) is 5.75. The van der Waals surface area contributed by atoms with Crippen molar-refractivity contribution >= 4 is 23.8 Å². The Labute approximate surface area is 124 Å². The number of thioether (sulfide) groups is 1. The zero-order valence-corrected chi connectivity index (χ0v) is 13.1. The Balaban J connectivity index is 2.17. The maximum absolute atomic E-state index is 12.8. The summed E-state index contributed by atoms with van der Waals surface area (Å²) < 4.78 is 0. The molecule has 6 heteroatoms. The van der Waals surface area contributed by atoms with Crippen LogP contribution in [0.25, 0.3) is 0 Å². The first-order valence-corrected chi connectivity index (χ1v) is 8.58. The summed E-state index contributed by atoms with van der Waals surface area (Å²) in [4.78, 5) is 27.7. The second-order valence-corrected chi connectivity index (χ2v) is 6.70. The van der Waals surface area contributed by atoms with Gasteiger partial charge in [-0.2, -0.15) is 0 Å². The molecule has 2 aliphatic heterocycles. The number of carboxylic acids is 1. The van der Waals surface area contributed by atoms with Crippen molar-refractivity contribution in [2.45, 2.75) is 63.4 Å². The number of hydrogen-bond donors (Lipinski definition) is 1. The number of carboxylic acid groups (broad SMARTS) is 1. The van der Waals surface area contributed by atoms with E-state index >= 15 is 0 Å². The number of nitrogens with zero attached hydrogens (tertiary/aromatic N) is 2. The molecule has 0 saturated carbocycles. The fourth-order valence-corrected chi connectivity index (χ4v) is 4.49. The number of aliphatic carboxylic acids is 1. The van der Waals surface area contributed by atoms with Crippen molar-refractivity contribution in [2.24, 2.45) is 0 Å². The highest BCUT2D eigenvalue weighted by molar-refractivity contribution is 8.00. The quantitative estimate of drug-likeness (QED) is 0.870. The van der Waals surface area contributed by atoms with Gasteiger partial charge < -0.3 is 10.0 Å². The van der Waals surface area contributed by atoms with Gasteiger partial charge in [-0.15, -0.1) is 11.8 Å². The summed E-state index contributed by atoms with van der Waals surface area (Å²) in [7, 11) is 0. The van der Waals surface area contributed by atoms with Crippen molar-refractivity contribution in [2.75, 3.05) is 12.3 Å². The van der Waals surface area contributed by atoms with Crippen molar-refractivity contribution in [3.05, 3.63) is 0 Å². The first-order chi connectivity index (χ1) is 9.60. The molecule has 0 aliphatic carbocycles. The van der Waals surface area contributed by atoms with E-state index in [-0.39, 0.29) is 17.4 Å². The minimum Gasteiger partial charge on any atom is -0.480 e. The van der Waals surface area contributed by atoms with Crippen molar-refractivity contribution < 1.29 is 14.7 Å². The van der Waals surface area contributed by atoms with E-state index in [0.717, 1.165) is 38.6 Å². The lowest BCUT2D eigenvalue weighted by atomic mass is 10.0. The third-order valence-electron chi connectivity index (χ3n) is 4.29. The second-order valence-electron chi connectivity index (χ2n) is 5.49. The SMILES string of the molecule is CCC1CCCCN1C(=O)N1C(CC)SCC1C(=O)O. The summed E-state index contributed by atoms with van der Waals surface area (Å²) >= 11 is 1.59. The van der Waals surface area contributed by atoms with E-state index in [2.05, 4.69) is 6.92 Å². The standard InChI is InChI=1S/C14H24N2O3S/c1-3-10-7-5-6-8-15(10)14(19)16-11(13(17)18)9-20-12(16)4-2/h10-12H,3-9H2,1-2H3,(H,17,18). The van der Waals surface area contributed by atoms with Crippen LogP contribution in [0.2, 0.25) is 0 Å². The van der Waals surface area contributed by atoms with Gasteiger partial charge in [-0.05, 0) is 32.1 Å². The second kappa shape index (κ2) is 6.70. The topological polar surface area (TPSA) is 60.9 Å². The Morgan fingerprint density at radius 2 is 2.00 bits per heavy atom. The summed E-state index contributed by atoms with van der Waals surface area (Å²) in [6.07, 6.45) is 4.97. The van der Waals surface area contributed by atoms with E-state index < -0.39 is 12.0 Å². The first kappa shape index (κ1) is 15.5. The maximum atomic E-state index is 12.8. The minimum atomic E-state index is -0.883. The Bertz CT molecular complexity index is 377. The molecule has 2 fully saturated rings. The molecule has 0 aromatic carbocycles. The predicted octanol–water partition coefficient (Wildman–Crippen LogP) is 2.61. The smallest absolute Gasteiger partial charge is 0.327 e. The Kier molecular flexibility index (Phi) is 5.18. The van der Waals surface area contributed by atoms with Gasteiger partial charge >= 0.3 is 12.0 Å². The van der Waals surface area contributed by atoms with E-state index in [1.165, 1.54) is 0 Å². The normalized spacial score (nSPS) is 30.6. The van der Waals surface area contributed by atoms with Gasteiger partial charge in [0.25, 0.3) is 0 Å². The molecule has 0 aromatic heterocycles. The molecular weight excluding hydrogens is 276 g/mol. The van der Waals surface area contributed by atoms with Gasteiger partial charge in [-0.1, -0.05) is 13.8 Å². The van der Waals surface area contributed by atoms with Crippen LogP contribution in [0.1, 0.15) is 46.0 Å². The van der Waals surface area contributed by atoms with Gasteiger partial charge in [0.2, 0.25) is 0 Å². The number of amides is 2. The van der Waals surface area contributed by atoms with E-state index in [1.807, 2.05) is 11.8 Å². The number of rotatable bonds is 3. The highest BCUT2D eigenvalue weighted by Gasteiger charge is 2.43. The maximum Gasteiger partial charge on any atom is 0.327 e. The predicted molar refractivity (Wildman–Crippen MR) is 79.8 cm³/mol. The van der Waals surface area contributed by atoms with Gasteiger partial charge in [-0.25, -0.2) is 9.59 Å².